The molecule has 1 heterocycles. The summed E-state index contributed by atoms with van der Waals surface area (Å²) in [5.74, 6) is 0.593. The van der Waals surface area contributed by atoms with E-state index in [0.29, 0.717) is 35.6 Å². The van der Waals surface area contributed by atoms with Gasteiger partial charge in [0, 0.05) is 6.54 Å². The van der Waals surface area contributed by atoms with E-state index >= 15 is 0 Å². The third-order valence-electron chi connectivity index (χ3n) is 4.69. The van der Waals surface area contributed by atoms with E-state index in [9.17, 15) is 9.18 Å². The van der Waals surface area contributed by atoms with Crippen molar-refractivity contribution in [1.82, 2.24) is 20.1 Å². The maximum absolute atomic E-state index is 14.4. The highest BCUT2D eigenvalue weighted by Crippen LogP contribution is 2.29. The van der Waals surface area contributed by atoms with Gasteiger partial charge in [-0.3, -0.25) is 9.36 Å². The van der Waals surface area contributed by atoms with Gasteiger partial charge in [0.15, 0.2) is 11.0 Å². The third-order valence-corrected chi connectivity index (χ3v) is 5.77. The van der Waals surface area contributed by atoms with Crippen LogP contribution < -0.4 is 5.32 Å². The van der Waals surface area contributed by atoms with Gasteiger partial charge in [0.2, 0.25) is 5.91 Å². The third kappa shape index (κ3) is 5.69. The Labute approximate surface area is 181 Å². The minimum atomic E-state index is -0.352. The number of aromatic nitrogens is 3. The minimum absolute atomic E-state index is 0.0395. The van der Waals surface area contributed by atoms with Crippen molar-refractivity contribution in [2.24, 2.45) is 5.92 Å². The van der Waals surface area contributed by atoms with Crippen LogP contribution in [0.1, 0.15) is 32.8 Å². The molecule has 30 heavy (non-hydrogen) atoms. The predicted molar refractivity (Wildman–Crippen MR) is 119 cm³/mol. The molecule has 0 saturated carbocycles. The first kappa shape index (κ1) is 22.0. The Morgan fingerprint density at radius 3 is 2.47 bits per heavy atom. The number of carbonyl (C=O) groups is 1. The average molecular weight is 427 g/mol. The summed E-state index contributed by atoms with van der Waals surface area (Å²) in [6.07, 6.45) is 0.935. The number of thioether (sulfide) groups is 1. The van der Waals surface area contributed by atoms with Crippen molar-refractivity contribution < 1.29 is 9.18 Å². The summed E-state index contributed by atoms with van der Waals surface area (Å²) in [5, 5.41) is 11.8. The summed E-state index contributed by atoms with van der Waals surface area (Å²) in [5.41, 5.74) is 1.44. The van der Waals surface area contributed by atoms with Gasteiger partial charge in [0.1, 0.15) is 5.82 Å². The largest absolute Gasteiger partial charge is 0.355 e. The van der Waals surface area contributed by atoms with Crippen molar-refractivity contribution in [2.75, 3.05) is 6.54 Å². The normalized spacial score (nSPS) is 12.2. The Balaban J connectivity index is 1.85. The van der Waals surface area contributed by atoms with Crippen LogP contribution in [0.2, 0.25) is 0 Å². The van der Waals surface area contributed by atoms with E-state index < -0.39 is 0 Å². The molecule has 158 valence electrons. The molecule has 1 amide bonds. The van der Waals surface area contributed by atoms with Gasteiger partial charge < -0.3 is 5.32 Å². The maximum Gasteiger partial charge on any atom is 0.233 e. The van der Waals surface area contributed by atoms with Crippen molar-refractivity contribution in [3.8, 4) is 11.4 Å². The van der Waals surface area contributed by atoms with E-state index in [1.807, 2.05) is 41.8 Å². The van der Waals surface area contributed by atoms with Gasteiger partial charge in [-0.1, -0.05) is 68.1 Å². The molecule has 1 atom stereocenters. The average Bonchev–Trinajstić information content (AvgIpc) is 3.10. The predicted octanol–water partition coefficient (Wildman–Crippen LogP) is 4.78. The molecule has 3 aromatic rings. The number of hydrogen-bond donors (Lipinski definition) is 1. The highest BCUT2D eigenvalue weighted by atomic mass is 32.2. The minimum Gasteiger partial charge on any atom is -0.355 e. The van der Waals surface area contributed by atoms with E-state index in [1.54, 1.807) is 18.2 Å². The van der Waals surface area contributed by atoms with Crippen LogP contribution in [0.3, 0.4) is 0 Å². The van der Waals surface area contributed by atoms with Crippen LogP contribution in [0.5, 0.6) is 0 Å². The molecule has 1 N–H and O–H groups in total. The van der Waals surface area contributed by atoms with Gasteiger partial charge in [0.05, 0.1) is 17.4 Å². The zero-order chi connectivity index (χ0) is 21.5. The molecule has 1 aromatic heterocycles. The van der Waals surface area contributed by atoms with Crippen LogP contribution >= 0.6 is 11.8 Å². The van der Waals surface area contributed by atoms with Gasteiger partial charge in [-0.05, 0) is 37.0 Å². The fourth-order valence-electron chi connectivity index (χ4n) is 2.97. The molecule has 5 nitrogen and oxygen atoms in total. The van der Waals surface area contributed by atoms with Crippen LogP contribution in [0.4, 0.5) is 4.39 Å². The number of hydrogen-bond acceptors (Lipinski definition) is 4. The number of carbonyl (C=O) groups excluding carboxylic acids is 1. The fraction of sp³-hybridized carbons (Fsp3) is 0.348. The highest BCUT2D eigenvalue weighted by molar-refractivity contribution is 8.00. The molecule has 7 heteroatoms. The second kappa shape index (κ2) is 10.4. The number of halogens is 1. The van der Waals surface area contributed by atoms with Gasteiger partial charge >= 0.3 is 0 Å². The lowest BCUT2D eigenvalue weighted by atomic mass is 10.1. The second-order valence-electron chi connectivity index (χ2n) is 7.59. The Hall–Kier alpha value is -2.67. The molecule has 0 saturated heterocycles. The summed E-state index contributed by atoms with van der Waals surface area (Å²) >= 11 is 1.33. The second-order valence-corrected chi connectivity index (χ2v) is 8.90. The molecule has 0 bridgehead atoms. The molecule has 0 fully saturated rings. The molecule has 2 aromatic carbocycles. The van der Waals surface area contributed by atoms with E-state index in [4.69, 9.17) is 0 Å². The Morgan fingerprint density at radius 1 is 1.07 bits per heavy atom. The first-order chi connectivity index (χ1) is 14.5. The van der Waals surface area contributed by atoms with Crippen molar-refractivity contribution in [1.29, 1.82) is 0 Å². The number of nitrogens with one attached hydrogen (secondary N) is 1. The standard InChI is InChI=1S/C23H27FN4OS/c1-16(2)13-14-25-22(29)17(3)30-23-27-26-21(19-11-7-8-12-20(19)24)28(23)15-18-9-5-4-6-10-18/h4-12,16-17H,13-15H2,1-3H3,(H,25,29). The Kier molecular flexibility index (Phi) is 7.63. The maximum atomic E-state index is 14.4. The van der Waals surface area contributed by atoms with Crippen LogP contribution in [-0.4, -0.2) is 32.5 Å². The van der Waals surface area contributed by atoms with Gasteiger partial charge in [-0.2, -0.15) is 0 Å². The molecule has 0 aliphatic rings. The van der Waals surface area contributed by atoms with Gasteiger partial charge in [-0.25, -0.2) is 4.39 Å². The SMILES string of the molecule is CC(C)CCNC(=O)C(C)Sc1nnc(-c2ccccc2F)n1Cc1ccccc1. The van der Waals surface area contributed by atoms with Crippen molar-refractivity contribution in [3.05, 3.63) is 66.0 Å². The quantitative estimate of drug-likeness (QED) is 0.501. The monoisotopic (exact) mass is 426 g/mol. The van der Waals surface area contributed by atoms with Gasteiger partial charge in [-0.15, -0.1) is 10.2 Å². The first-order valence-electron chi connectivity index (χ1n) is 10.1. The lowest BCUT2D eigenvalue weighted by Crippen LogP contribution is -2.32. The van der Waals surface area contributed by atoms with Crippen molar-refractivity contribution in [3.63, 3.8) is 0 Å². The molecule has 0 spiro atoms. The molecule has 1 unspecified atom stereocenters. The number of nitrogens with zero attached hydrogens (tertiary/aromatic N) is 3. The van der Waals surface area contributed by atoms with Crippen LogP contribution in [0, 0.1) is 11.7 Å². The van der Waals surface area contributed by atoms with E-state index in [-0.39, 0.29) is 17.0 Å². The number of benzene rings is 2. The number of rotatable bonds is 9. The molecule has 0 radical (unpaired) electrons. The lowest BCUT2D eigenvalue weighted by molar-refractivity contribution is -0.120. The van der Waals surface area contributed by atoms with Crippen molar-refractivity contribution in [2.45, 2.75) is 44.1 Å². The Morgan fingerprint density at radius 2 is 1.77 bits per heavy atom. The summed E-state index contributed by atoms with van der Waals surface area (Å²) in [4.78, 5) is 12.5. The fourth-order valence-corrected chi connectivity index (χ4v) is 3.84. The van der Waals surface area contributed by atoms with Crippen LogP contribution in [0.15, 0.2) is 59.8 Å². The van der Waals surface area contributed by atoms with Gasteiger partial charge in [0.25, 0.3) is 0 Å². The Bertz CT molecular complexity index is 974. The first-order valence-corrected chi connectivity index (χ1v) is 11.0. The summed E-state index contributed by atoms with van der Waals surface area (Å²) < 4.78 is 16.3. The molecule has 3 rings (SSSR count). The smallest absolute Gasteiger partial charge is 0.233 e. The summed E-state index contributed by atoms with van der Waals surface area (Å²) in [6.45, 7) is 7.24. The molecular formula is C23H27FN4OS. The van der Waals surface area contributed by atoms with E-state index in [0.717, 1.165) is 12.0 Å². The topological polar surface area (TPSA) is 59.8 Å². The zero-order valence-electron chi connectivity index (χ0n) is 17.5. The lowest BCUT2D eigenvalue weighted by Gasteiger charge is -2.14. The molecule has 0 aliphatic heterocycles. The van der Waals surface area contributed by atoms with E-state index in [1.165, 1.54) is 17.8 Å². The summed E-state index contributed by atoms with van der Waals surface area (Å²) in [7, 11) is 0. The summed E-state index contributed by atoms with van der Waals surface area (Å²) in [6, 6.07) is 16.4. The highest BCUT2D eigenvalue weighted by Gasteiger charge is 2.22. The zero-order valence-corrected chi connectivity index (χ0v) is 18.3. The van der Waals surface area contributed by atoms with E-state index in [2.05, 4.69) is 29.4 Å². The number of amides is 1. The molecule has 0 aliphatic carbocycles. The van der Waals surface area contributed by atoms with Crippen molar-refractivity contribution >= 4 is 17.7 Å². The van der Waals surface area contributed by atoms with Crippen LogP contribution in [0.25, 0.3) is 11.4 Å². The van der Waals surface area contributed by atoms with Crippen LogP contribution in [-0.2, 0) is 11.3 Å². The molecular weight excluding hydrogens is 399 g/mol.